The molecule has 0 aliphatic rings. The van der Waals surface area contributed by atoms with Crippen LogP contribution in [0, 0.1) is 5.82 Å². The van der Waals surface area contributed by atoms with Crippen LogP contribution in [0.1, 0.15) is 22.8 Å². The lowest BCUT2D eigenvalue weighted by Gasteiger charge is -2.30. The Morgan fingerprint density at radius 1 is 1.35 bits per heavy atom. The predicted octanol–water partition coefficient (Wildman–Crippen LogP) is 1.82. The van der Waals surface area contributed by atoms with Gasteiger partial charge in [0.1, 0.15) is 5.82 Å². The number of hydrogen-bond donors (Lipinski definition) is 2. The van der Waals surface area contributed by atoms with Gasteiger partial charge in [-0.3, -0.25) is 9.78 Å². The second kappa shape index (κ2) is 5.79. The van der Waals surface area contributed by atoms with Crippen molar-refractivity contribution in [3.63, 3.8) is 0 Å². The normalized spacial score (nSPS) is 13.6. The monoisotopic (exact) mass is 273 g/mol. The summed E-state index contributed by atoms with van der Waals surface area (Å²) in [6, 6.07) is 10.6. The van der Waals surface area contributed by atoms with Gasteiger partial charge in [0.15, 0.2) is 0 Å². The van der Waals surface area contributed by atoms with Crippen LogP contribution in [0.2, 0.25) is 0 Å². The maximum absolute atomic E-state index is 13.1. The zero-order valence-corrected chi connectivity index (χ0v) is 11.1. The summed E-state index contributed by atoms with van der Waals surface area (Å²) in [4.78, 5) is 15.8. The van der Waals surface area contributed by atoms with E-state index in [1.54, 1.807) is 0 Å². The van der Waals surface area contributed by atoms with E-state index in [0.717, 1.165) is 17.8 Å². The van der Waals surface area contributed by atoms with Gasteiger partial charge in [-0.25, -0.2) is 4.39 Å². The summed E-state index contributed by atoms with van der Waals surface area (Å²) in [5.74, 6) is -0.958. The molecule has 0 radical (unpaired) electrons. The number of nitrogens with zero attached hydrogens (tertiary/aromatic N) is 1. The van der Waals surface area contributed by atoms with Crippen LogP contribution in [0.3, 0.4) is 0 Å². The summed E-state index contributed by atoms with van der Waals surface area (Å²) in [6.07, 6.45) is 2.37. The third-order valence-corrected chi connectivity index (χ3v) is 3.18. The number of nitrogens with two attached hydrogens (primary N) is 1. The lowest BCUT2D eigenvalue weighted by Crippen LogP contribution is -2.48. The Kier molecular flexibility index (Phi) is 4.10. The molecule has 0 saturated heterocycles. The minimum Gasteiger partial charge on any atom is -0.341 e. The van der Waals surface area contributed by atoms with E-state index in [0.29, 0.717) is 0 Å². The quantitative estimate of drug-likeness (QED) is 0.893. The molecule has 0 aliphatic carbocycles. The number of hydrogen-bond acceptors (Lipinski definition) is 3. The van der Waals surface area contributed by atoms with Crippen molar-refractivity contribution in [1.29, 1.82) is 0 Å². The number of pyridine rings is 1. The van der Waals surface area contributed by atoms with E-state index < -0.39 is 17.3 Å². The Labute approximate surface area is 116 Å². The van der Waals surface area contributed by atoms with E-state index >= 15 is 0 Å². The van der Waals surface area contributed by atoms with Crippen molar-refractivity contribution < 1.29 is 9.18 Å². The van der Waals surface area contributed by atoms with E-state index in [-0.39, 0.29) is 12.1 Å². The topological polar surface area (TPSA) is 68.0 Å². The van der Waals surface area contributed by atoms with Crippen LogP contribution in [0.4, 0.5) is 4.39 Å². The molecule has 5 heteroatoms. The highest BCUT2D eigenvalue weighted by Gasteiger charge is 2.27. The van der Waals surface area contributed by atoms with Crippen LogP contribution in [0.5, 0.6) is 0 Å². The number of carbonyl (C=O) groups excluding carboxylic acids is 1. The minimum absolute atomic E-state index is 0.167. The summed E-state index contributed by atoms with van der Waals surface area (Å²) in [5, 5.41) is 2.83. The average molecular weight is 273 g/mol. The first-order valence-corrected chi connectivity index (χ1v) is 6.24. The molecule has 0 aliphatic heterocycles. The molecule has 1 atom stereocenters. The molecule has 20 heavy (non-hydrogen) atoms. The highest BCUT2D eigenvalue weighted by molar-refractivity contribution is 5.94. The summed E-state index contributed by atoms with van der Waals surface area (Å²) in [5.41, 5.74) is 6.13. The summed E-state index contributed by atoms with van der Waals surface area (Å²) < 4.78 is 13.1. The van der Waals surface area contributed by atoms with Gasteiger partial charge in [-0.1, -0.05) is 30.3 Å². The van der Waals surface area contributed by atoms with Crippen LogP contribution < -0.4 is 11.1 Å². The van der Waals surface area contributed by atoms with Crippen LogP contribution >= 0.6 is 0 Å². The summed E-state index contributed by atoms with van der Waals surface area (Å²) in [6.45, 7) is 2.05. The molecule has 1 aromatic heterocycles. The number of aromatic nitrogens is 1. The van der Waals surface area contributed by atoms with Gasteiger partial charge in [0.25, 0.3) is 5.91 Å². The van der Waals surface area contributed by atoms with Gasteiger partial charge >= 0.3 is 0 Å². The highest BCUT2D eigenvalue weighted by atomic mass is 19.1. The third kappa shape index (κ3) is 3.00. The smallest absolute Gasteiger partial charge is 0.253 e. The Bertz CT molecular complexity index is 603. The first kappa shape index (κ1) is 14.1. The van der Waals surface area contributed by atoms with Gasteiger partial charge in [-0.15, -0.1) is 0 Å². The van der Waals surface area contributed by atoms with Crippen molar-refractivity contribution in [1.82, 2.24) is 10.3 Å². The fourth-order valence-electron chi connectivity index (χ4n) is 1.91. The second-order valence-electron chi connectivity index (χ2n) is 4.75. The molecule has 0 saturated carbocycles. The Balaban J connectivity index is 2.24. The molecular weight excluding hydrogens is 257 g/mol. The largest absolute Gasteiger partial charge is 0.341 e. The van der Waals surface area contributed by atoms with Gasteiger partial charge in [0.05, 0.1) is 17.3 Å². The van der Waals surface area contributed by atoms with Crippen molar-refractivity contribution in [2.45, 2.75) is 12.5 Å². The molecule has 3 N–H and O–H groups in total. The zero-order chi connectivity index (χ0) is 14.6. The van der Waals surface area contributed by atoms with Crippen molar-refractivity contribution >= 4 is 5.91 Å². The SMILES string of the molecule is CC(CN)(NC(=O)c1cncc(F)c1)c1ccccc1. The zero-order valence-electron chi connectivity index (χ0n) is 11.1. The first-order chi connectivity index (χ1) is 9.55. The molecule has 2 rings (SSSR count). The van der Waals surface area contributed by atoms with Crippen LogP contribution in [0.25, 0.3) is 0 Å². The molecule has 1 aromatic carbocycles. The molecule has 0 fully saturated rings. The molecule has 1 amide bonds. The van der Waals surface area contributed by atoms with E-state index in [1.807, 2.05) is 37.3 Å². The number of carbonyl (C=O) groups is 1. The molecular formula is C15H16FN3O. The van der Waals surface area contributed by atoms with Crippen molar-refractivity contribution in [3.05, 3.63) is 65.7 Å². The molecule has 104 valence electrons. The van der Waals surface area contributed by atoms with Crippen molar-refractivity contribution in [2.24, 2.45) is 5.73 Å². The molecule has 1 heterocycles. The van der Waals surface area contributed by atoms with Gasteiger partial charge in [-0.2, -0.15) is 0 Å². The van der Waals surface area contributed by atoms with Gasteiger partial charge < -0.3 is 11.1 Å². The Morgan fingerprint density at radius 3 is 2.65 bits per heavy atom. The Hall–Kier alpha value is -2.27. The molecule has 1 unspecified atom stereocenters. The second-order valence-corrected chi connectivity index (χ2v) is 4.75. The highest BCUT2D eigenvalue weighted by Crippen LogP contribution is 2.19. The molecule has 4 nitrogen and oxygen atoms in total. The van der Waals surface area contributed by atoms with E-state index in [2.05, 4.69) is 10.3 Å². The predicted molar refractivity (Wildman–Crippen MR) is 74.5 cm³/mol. The van der Waals surface area contributed by atoms with E-state index in [4.69, 9.17) is 5.73 Å². The number of amides is 1. The third-order valence-electron chi connectivity index (χ3n) is 3.18. The van der Waals surface area contributed by atoms with Crippen LogP contribution in [-0.4, -0.2) is 17.4 Å². The number of rotatable bonds is 4. The van der Waals surface area contributed by atoms with E-state index in [9.17, 15) is 9.18 Å². The fraction of sp³-hybridized carbons (Fsp3) is 0.200. The van der Waals surface area contributed by atoms with Gasteiger partial charge in [0, 0.05) is 12.7 Å². The van der Waals surface area contributed by atoms with Gasteiger partial charge in [-0.05, 0) is 18.6 Å². The van der Waals surface area contributed by atoms with Crippen LogP contribution in [-0.2, 0) is 5.54 Å². The van der Waals surface area contributed by atoms with E-state index in [1.165, 1.54) is 6.20 Å². The lowest BCUT2D eigenvalue weighted by atomic mass is 9.92. The number of nitrogens with one attached hydrogen (secondary N) is 1. The molecule has 0 spiro atoms. The number of halogens is 1. The maximum atomic E-state index is 13.1. The standard InChI is InChI=1S/C15H16FN3O/c1-15(10-17,12-5-3-2-4-6-12)19-14(20)11-7-13(16)9-18-8-11/h2-9H,10,17H2,1H3,(H,19,20). The minimum atomic E-state index is -0.718. The number of benzene rings is 1. The summed E-state index contributed by atoms with van der Waals surface area (Å²) >= 11 is 0. The van der Waals surface area contributed by atoms with Gasteiger partial charge in [0.2, 0.25) is 0 Å². The van der Waals surface area contributed by atoms with Crippen molar-refractivity contribution in [3.8, 4) is 0 Å². The van der Waals surface area contributed by atoms with Crippen LogP contribution in [0.15, 0.2) is 48.8 Å². The Morgan fingerprint density at radius 2 is 2.05 bits per heavy atom. The maximum Gasteiger partial charge on any atom is 0.253 e. The fourth-order valence-corrected chi connectivity index (χ4v) is 1.91. The average Bonchev–Trinajstić information content (AvgIpc) is 2.48. The summed E-state index contributed by atoms with van der Waals surface area (Å²) in [7, 11) is 0. The first-order valence-electron chi connectivity index (χ1n) is 6.24. The molecule has 0 bridgehead atoms. The molecule has 2 aromatic rings. The van der Waals surface area contributed by atoms with Crippen molar-refractivity contribution in [2.75, 3.05) is 6.54 Å². The lowest BCUT2D eigenvalue weighted by molar-refractivity contribution is 0.0906.